The van der Waals surface area contributed by atoms with Crippen LogP contribution in [0, 0.1) is 6.92 Å². The number of methoxy groups -OCH3 is 1. The molecule has 0 spiro atoms. The third kappa shape index (κ3) is 2.02. The minimum atomic E-state index is 0.904. The van der Waals surface area contributed by atoms with Crippen LogP contribution >= 0.6 is 11.6 Å². The average Bonchev–Trinajstić information content (AvgIpc) is 2.05. The number of hydrogen-bond acceptors (Lipinski definition) is 1. The number of aryl methyl sites for hydroxylation is 1. The summed E-state index contributed by atoms with van der Waals surface area (Å²) in [6.45, 7) is 2.00. The Morgan fingerprint density at radius 1 is 1.42 bits per heavy atom. The van der Waals surface area contributed by atoms with Crippen molar-refractivity contribution in [3.8, 4) is 5.75 Å². The van der Waals surface area contributed by atoms with Crippen molar-refractivity contribution in [3.05, 3.63) is 34.9 Å². The van der Waals surface area contributed by atoms with Gasteiger partial charge in [0.1, 0.15) is 5.75 Å². The summed E-state index contributed by atoms with van der Waals surface area (Å²) in [4.78, 5) is 0. The molecule has 0 amide bonds. The van der Waals surface area contributed by atoms with E-state index < -0.39 is 0 Å². The first-order chi connectivity index (χ1) is 5.77. The highest BCUT2D eigenvalue weighted by atomic mass is 35.5. The van der Waals surface area contributed by atoms with E-state index >= 15 is 0 Å². The van der Waals surface area contributed by atoms with Gasteiger partial charge in [-0.05, 0) is 36.3 Å². The Morgan fingerprint density at radius 2 is 2.17 bits per heavy atom. The fourth-order valence-corrected chi connectivity index (χ4v) is 1.22. The molecule has 0 N–H and O–H groups in total. The smallest absolute Gasteiger partial charge is 0.121 e. The highest BCUT2D eigenvalue weighted by Gasteiger charge is 1.96. The molecule has 0 unspecified atom stereocenters. The van der Waals surface area contributed by atoms with Crippen molar-refractivity contribution in [2.24, 2.45) is 0 Å². The van der Waals surface area contributed by atoms with Gasteiger partial charge in [-0.25, -0.2) is 0 Å². The maximum absolute atomic E-state index is 5.45. The molecule has 0 saturated heterocycles. The molecule has 0 saturated carbocycles. The quantitative estimate of drug-likeness (QED) is 0.683. The van der Waals surface area contributed by atoms with E-state index in [1.165, 1.54) is 5.54 Å². The molecule has 12 heavy (non-hydrogen) atoms. The number of hydrogen-bond donors (Lipinski definition) is 0. The van der Waals surface area contributed by atoms with Crippen molar-refractivity contribution in [3.63, 3.8) is 0 Å². The van der Waals surface area contributed by atoms with Crippen molar-refractivity contribution < 1.29 is 4.74 Å². The van der Waals surface area contributed by atoms with Gasteiger partial charge in [0.15, 0.2) is 0 Å². The molecule has 64 valence electrons. The van der Waals surface area contributed by atoms with E-state index in [4.69, 9.17) is 16.3 Å². The van der Waals surface area contributed by atoms with Crippen molar-refractivity contribution >= 4 is 17.7 Å². The van der Waals surface area contributed by atoms with E-state index in [9.17, 15) is 0 Å². The van der Waals surface area contributed by atoms with E-state index in [2.05, 4.69) is 0 Å². The second-order valence-electron chi connectivity index (χ2n) is 2.52. The second kappa shape index (κ2) is 4.17. The molecule has 1 nitrogen and oxygen atoms in total. The zero-order valence-electron chi connectivity index (χ0n) is 7.17. The highest BCUT2D eigenvalue weighted by Crippen LogP contribution is 2.19. The SMILES string of the molecule is COc1ccc(/C=C\Cl)cc1C. The van der Waals surface area contributed by atoms with Gasteiger partial charge >= 0.3 is 0 Å². The number of benzene rings is 1. The van der Waals surface area contributed by atoms with Crippen molar-refractivity contribution in [1.82, 2.24) is 0 Å². The van der Waals surface area contributed by atoms with Crippen LogP contribution in [0.5, 0.6) is 5.75 Å². The van der Waals surface area contributed by atoms with Gasteiger partial charge in [-0.2, -0.15) is 0 Å². The van der Waals surface area contributed by atoms with E-state index in [0.717, 1.165) is 16.9 Å². The summed E-state index contributed by atoms with van der Waals surface area (Å²) >= 11 is 5.45. The van der Waals surface area contributed by atoms with Gasteiger partial charge in [-0.3, -0.25) is 0 Å². The van der Waals surface area contributed by atoms with Crippen LogP contribution in [-0.4, -0.2) is 7.11 Å². The van der Waals surface area contributed by atoms with Gasteiger partial charge in [-0.1, -0.05) is 17.7 Å². The minimum Gasteiger partial charge on any atom is -0.496 e. The van der Waals surface area contributed by atoms with Gasteiger partial charge in [0.25, 0.3) is 0 Å². The molecule has 0 aliphatic rings. The molecule has 0 bridgehead atoms. The summed E-state index contributed by atoms with van der Waals surface area (Å²) < 4.78 is 5.12. The van der Waals surface area contributed by atoms with E-state index in [1.807, 2.05) is 31.2 Å². The maximum Gasteiger partial charge on any atom is 0.121 e. The molecule has 0 fully saturated rings. The summed E-state index contributed by atoms with van der Waals surface area (Å²) in [5, 5.41) is 0. The molecule has 0 aliphatic carbocycles. The normalized spacial score (nSPS) is 10.6. The average molecular weight is 183 g/mol. The predicted octanol–water partition coefficient (Wildman–Crippen LogP) is 3.21. The molecule has 0 heterocycles. The molecular weight excluding hydrogens is 172 g/mol. The van der Waals surface area contributed by atoms with Gasteiger partial charge in [0.2, 0.25) is 0 Å². The molecular formula is C10H11ClO. The standard InChI is InChI=1S/C10H11ClO/c1-8-7-9(5-6-11)3-4-10(8)12-2/h3-7H,1-2H3/b6-5-. The predicted molar refractivity (Wildman–Crippen MR) is 52.6 cm³/mol. The van der Waals surface area contributed by atoms with E-state index in [-0.39, 0.29) is 0 Å². The largest absolute Gasteiger partial charge is 0.496 e. The molecule has 1 aromatic carbocycles. The van der Waals surface area contributed by atoms with Crippen LogP contribution in [-0.2, 0) is 0 Å². The van der Waals surface area contributed by atoms with Crippen LogP contribution in [0.1, 0.15) is 11.1 Å². The Morgan fingerprint density at radius 3 is 2.67 bits per heavy atom. The molecule has 1 rings (SSSR count). The summed E-state index contributed by atoms with van der Waals surface area (Å²) in [6.07, 6.45) is 1.84. The van der Waals surface area contributed by atoms with Gasteiger partial charge in [-0.15, -0.1) is 0 Å². The molecule has 0 aliphatic heterocycles. The third-order valence-electron chi connectivity index (χ3n) is 1.67. The highest BCUT2D eigenvalue weighted by molar-refractivity contribution is 6.27. The number of ether oxygens (including phenoxy) is 1. The van der Waals surface area contributed by atoms with Crippen LogP contribution in [0.25, 0.3) is 6.08 Å². The van der Waals surface area contributed by atoms with Gasteiger partial charge in [0, 0.05) is 5.54 Å². The first-order valence-electron chi connectivity index (χ1n) is 3.69. The summed E-state index contributed by atoms with van der Waals surface area (Å²) in [5.41, 5.74) is 3.70. The fraction of sp³-hybridized carbons (Fsp3) is 0.200. The van der Waals surface area contributed by atoms with Crippen molar-refractivity contribution in [1.29, 1.82) is 0 Å². The molecule has 0 radical (unpaired) electrons. The number of halogens is 1. The van der Waals surface area contributed by atoms with Gasteiger partial charge < -0.3 is 4.74 Å². The van der Waals surface area contributed by atoms with Crippen LogP contribution in [0.4, 0.5) is 0 Å². The topological polar surface area (TPSA) is 9.23 Å². The van der Waals surface area contributed by atoms with Gasteiger partial charge in [0.05, 0.1) is 7.11 Å². The van der Waals surface area contributed by atoms with Crippen LogP contribution in [0.15, 0.2) is 23.7 Å². The zero-order valence-corrected chi connectivity index (χ0v) is 7.93. The summed E-state index contributed by atoms with van der Waals surface area (Å²) in [5.74, 6) is 0.904. The van der Waals surface area contributed by atoms with Crippen LogP contribution in [0.3, 0.4) is 0 Å². The monoisotopic (exact) mass is 182 g/mol. The van der Waals surface area contributed by atoms with E-state index in [1.54, 1.807) is 7.11 Å². The Hall–Kier alpha value is -0.950. The molecule has 2 heteroatoms. The fourth-order valence-electron chi connectivity index (χ4n) is 1.08. The first-order valence-corrected chi connectivity index (χ1v) is 4.13. The lowest BCUT2D eigenvalue weighted by Gasteiger charge is -2.04. The second-order valence-corrected chi connectivity index (χ2v) is 2.77. The lowest BCUT2D eigenvalue weighted by molar-refractivity contribution is 0.411. The Bertz CT molecular complexity index is 292. The molecule has 1 aromatic rings. The summed E-state index contributed by atoms with van der Waals surface area (Å²) in [6, 6.07) is 5.92. The Labute approximate surface area is 77.6 Å². The van der Waals surface area contributed by atoms with Crippen LogP contribution < -0.4 is 4.74 Å². The Kier molecular flexibility index (Phi) is 3.18. The van der Waals surface area contributed by atoms with Crippen LogP contribution in [0.2, 0.25) is 0 Å². The number of rotatable bonds is 2. The van der Waals surface area contributed by atoms with Crippen molar-refractivity contribution in [2.45, 2.75) is 6.92 Å². The lowest BCUT2D eigenvalue weighted by Crippen LogP contribution is -1.86. The summed E-state index contributed by atoms with van der Waals surface area (Å²) in [7, 11) is 1.67. The maximum atomic E-state index is 5.45. The Balaban J connectivity index is 3.01. The zero-order chi connectivity index (χ0) is 8.97. The van der Waals surface area contributed by atoms with Crippen molar-refractivity contribution in [2.75, 3.05) is 7.11 Å². The van der Waals surface area contributed by atoms with E-state index in [0.29, 0.717) is 0 Å². The lowest BCUT2D eigenvalue weighted by atomic mass is 10.1. The molecule has 0 aromatic heterocycles. The molecule has 0 atom stereocenters. The first kappa shape index (κ1) is 9.14. The minimum absolute atomic E-state index is 0.904. The third-order valence-corrected chi connectivity index (χ3v) is 1.80.